The van der Waals surface area contributed by atoms with E-state index >= 15 is 0 Å². The highest BCUT2D eigenvalue weighted by Gasteiger charge is 2.36. The van der Waals surface area contributed by atoms with Crippen molar-refractivity contribution < 1.29 is 18.4 Å². The summed E-state index contributed by atoms with van der Waals surface area (Å²) in [5.41, 5.74) is -0.520. The van der Waals surface area contributed by atoms with Gasteiger partial charge in [0.2, 0.25) is 10.0 Å². The third-order valence-corrected chi connectivity index (χ3v) is 5.67. The van der Waals surface area contributed by atoms with Gasteiger partial charge in [0.15, 0.2) is 4.90 Å². The predicted octanol–water partition coefficient (Wildman–Crippen LogP) is 1.64. The van der Waals surface area contributed by atoms with E-state index < -0.39 is 20.6 Å². The van der Waals surface area contributed by atoms with Gasteiger partial charge in [0.25, 0.3) is 5.69 Å². The topological polar surface area (TPSA) is 101 Å². The third kappa shape index (κ3) is 3.34. The number of nitro groups is 1. The maximum absolute atomic E-state index is 12.5. The van der Waals surface area contributed by atoms with Crippen molar-refractivity contribution in [3.05, 3.63) is 33.3 Å². The molecule has 1 fully saturated rings. The molecule has 1 aliphatic heterocycles. The average Bonchev–Trinajstić information content (AvgIpc) is 2.88. The monoisotopic (exact) mass is 334 g/mol. The number of halogens is 1. The summed E-state index contributed by atoms with van der Waals surface area (Å²) in [7, 11) is -3.93. The van der Waals surface area contributed by atoms with Crippen LogP contribution >= 0.6 is 11.6 Å². The van der Waals surface area contributed by atoms with Crippen LogP contribution in [0.4, 0.5) is 5.69 Å². The fourth-order valence-electron chi connectivity index (χ4n) is 2.42. The first-order valence-corrected chi connectivity index (χ1v) is 8.23. The molecule has 1 atom stereocenters. The van der Waals surface area contributed by atoms with Gasteiger partial charge in [-0.1, -0.05) is 11.6 Å². The number of hydrogen-bond donors (Lipinski definition) is 1. The van der Waals surface area contributed by atoms with Gasteiger partial charge in [0.1, 0.15) is 0 Å². The molecule has 116 valence electrons. The van der Waals surface area contributed by atoms with Crippen LogP contribution in [0.15, 0.2) is 23.1 Å². The molecule has 0 radical (unpaired) electrons. The van der Waals surface area contributed by atoms with Crippen molar-refractivity contribution in [3.63, 3.8) is 0 Å². The Labute approximate surface area is 127 Å². The summed E-state index contributed by atoms with van der Waals surface area (Å²) in [5, 5.41) is 20.1. The molecule has 0 saturated carbocycles. The Bertz CT molecular complexity index is 649. The minimum absolute atomic E-state index is 0.000350. The molecule has 0 bridgehead atoms. The van der Waals surface area contributed by atoms with E-state index in [1.54, 1.807) is 0 Å². The van der Waals surface area contributed by atoms with Crippen LogP contribution in [0.3, 0.4) is 0 Å². The van der Waals surface area contributed by atoms with Crippen molar-refractivity contribution in [1.82, 2.24) is 4.31 Å². The molecule has 0 aromatic heterocycles. The quantitative estimate of drug-likeness (QED) is 0.651. The van der Waals surface area contributed by atoms with Crippen molar-refractivity contribution in [2.24, 2.45) is 5.92 Å². The lowest BCUT2D eigenvalue weighted by atomic mass is 10.1. The normalized spacial score (nSPS) is 19.8. The average molecular weight is 335 g/mol. The third-order valence-electron chi connectivity index (χ3n) is 3.52. The summed E-state index contributed by atoms with van der Waals surface area (Å²) in [6.45, 7) is 0.565. The van der Waals surface area contributed by atoms with Gasteiger partial charge >= 0.3 is 0 Å². The summed E-state index contributed by atoms with van der Waals surface area (Å²) in [6, 6.07) is 3.52. The lowest BCUT2D eigenvalue weighted by molar-refractivity contribution is -0.387. The van der Waals surface area contributed by atoms with Gasteiger partial charge in [-0.3, -0.25) is 10.1 Å². The molecule has 1 aliphatic rings. The summed E-state index contributed by atoms with van der Waals surface area (Å²) in [6.07, 6.45) is 1.16. The lowest BCUT2D eigenvalue weighted by Gasteiger charge is -2.16. The van der Waals surface area contributed by atoms with Crippen LogP contribution in [-0.2, 0) is 10.0 Å². The Kier molecular flexibility index (Phi) is 4.82. The van der Waals surface area contributed by atoms with E-state index in [0.29, 0.717) is 19.4 Å². The van der Waals surface area contributed by atoms with Gasteiger partial charge in [-0.2, -0.15) is 4.31 Å². The second-order valence-corrected chi connectivity index (χ2v) is 7.24. The number of rotatable bonds is 5. The van der Waals surface area contributed by atoms with Gasteiger partial charge in [-0.25, -0.2) is 8.42 Å². The smallest absolute Gasteiger partial charge is 0.290 e. The highest BCUT2D eigenvalue weighted by molar-refractivity contribution is 7.89. The Morgan fingerprint density at radius 2 is 2.19 bits per heavy atom. The first kappa shape index (κ1) is 16.2. The molecule has 1 aromatic carbocycles. The second kappa shape index (κ2) is 6.27. The molecule has 0 aliphatic carbocycles. The summed E-state index contributed by atoms with van der Waals surface area (Å²) in [4.78, 5) is 9.94. The van der Waals surface area contributed by atoms with Crippen LogP contribution in [0.5, 0.6) is 0 Å². The maximum atomic E-state index is 12.5. The minimum atomic E-state index is -3.93. The zero-order valence-corrected chi connectivity index (χ0v) is 12.7. The van der Waals surface area contributed by atoms with E-state index in [1.165, 1.54) is 10.4 Å². The van der Waals surface area contributed by atoms with Crippen molar-refractivity contribution in [1.29, 1.82) is 0 Å². The van der Waals surface area contributed by atoms with Crippen LogP contribution in [-0.4, -0.2) is 42.4 Å². The van der Waals surface area contributed by atoms with E-state index in [2.05, 4.69) is 0 Å². The highest BCUT2D eigenvalue weighted by Crippen LogP contribution is 2.32. The molecule has 0 spiro atoms. The van der Waals surface area contributed by atoms with Gasteiger partial charge in [0, 0.05) is 30.8 Å². The maximum Gasteiger partial charge on any atom is 0.290 e. The van der Waals surface area contributed by atoms with E-state index in [-0.39, 0.29) is 29.0 Å². The van der Waals surface area contributed by atoms with Gasteiger partial charge in [-0.15, -0.1) is 0 Å². The van der Waals surface area contributed by atoms with Crippen molar-refractivity contribution >= 4 is 27.3 Å². The molecule has 1 aromatic rings. The molecule has 21 heavy (non-hydrogen) atoms. The molecular weight excluding hydrogens is 320 g/mol. The number of benzene rings is 1. The molecule has 0 amide bonds. The number of nitro benzene ring substituents is 1. The van der Waals surface area contributed by atoms with E-state index in [4.69, 9.17) is 16.7 Å². The summed E-state index contributed by atoms with van der Waals surface area (Å²) >= 11 is 5.69. The molecule has 1 saturated heterocycles. The molecular formula is C12H15ClN2O5S. The fourth-order valence-corrected chi connectivity index (χ4v) is 4.26. The standard InChI is InChI=1S/C12H15ClN2O5S/c13-10-1-2-12(11(7-10)15(17)18)21(19,20)14-5-3-9(8-14)4-6-16/h1-2,7,9,16H,3-6,8H2. The Morgan fingerprint density at radius 1 is 1.48 bits per heavy atom. The number of nitrogens with zero attached hydrogens (tertiary/aromatic N) is 2. The Morgan fingerprint density at radius 3 is 2.81 bits per heavy atom. The zero-order valence-electron chi connectivity index (χ0n) is 11.1. The van der Waals surface area contributed by atoms with Crippen molar-refractivity contribution in [3.8, 4) is 0 Å². The molecule has 9 heteroatoms. The van der Waals surface area contributed by atoms with Gasteiger partial charge in [0.05, 0.1) is 4.92 Å². The molecule has 1 unspecified atom stereocenters. The van der Waals surface area contributed by atoms with Crippen LogP contribution in [0, 0.1) is 16.0 Å². The zero-order chi connectivity index (χ0) is 15.6. The Balaban J connectivity index is 2.35. The molecule has 1 N–H and O–H groups in total. The van der Waals surface area contributed by atoms with E-state index in [1.807, 2.05) is 0 Å². The number of aliphatic hydroxyl groups is 1. The Hall–Kier alpha value is -1.22. The van der Waals surface area contributed by atoms with Crippen LogP contribution < -0.4 is 0 Å². The summed E-state index contributed by atoms with van der Waals surface area (Å²) < 4.78 is 26.3. The minimum Gasteiger partial charge on any atom is -0.396 e. The number of sulfonamides is 1. The van der Waals surface area contributed by atoms with Gasteiger partial charge < -0.3 is 5.11 Å². The lowest BCUT2D eigenvalue weighted by Crippen LogP contribution is -2.29. The number of hydrogen-bond acceptors (Lipinski definition) is 5. The highest BCUT2D eigenvalue weighted by atomic mass is 35.5. The van der Waals surface area contributed by atoms with Crippen LogP contribution in [0.1, 0.15) is 12.8 Å². The molecule has 2 rings (SSSR count). The molecule has 1 heterocycles. The predicted molar refractivity (Wildman–Crippen MR) is 76.7 cm³/mol. The SMILES string of the molecule is O=[N+]([O-])c1cc(Cl)ccc1S(=O)(=O)N1CCC(CCO)C1. The van der Waals surface area contributed by atoms with Gasteiger partial charge in [-0.05, 0) is 30.9 Å². The molecule has 7 nitrogen and oxygen atoms in total. The van der Waals surface area contributed by atoms with Crippen LogP contribution in [0.25, 0.3) is 0 Å². The fraction of sp³-hybridized carbons (Fsp3) is 0.500. The van der Waals surface area contributed by atoms with Crippen molar-refractivity contribution in [2.45, 2.75) is 17.7 Å². The summed E-state index contributed by atoms with van der Waals surface area (Å²) in [5.74, 6) is 0.0798. The largest absolute Gasteiger partial charge is 0.396 e. The van der Waals surface area contributed by atoms with Crippen LogP contribution in [0.2, 0.25) is 5.02 Å². The first-order chi connectivity index (χ1) is 9.86. The van der Waals surface area contributed by atoms with E-state index in [9.17, 15) is 18.5 Å². The second-order valence-electron chi connectivity index (χ2n) is 4.90. The number of aliphatic hydroxyl groups excluding tert-OH is 1. The van der Waals surface area contributed by atoms with E-state index in [0.717, 1.165) is 12.1 Å². The van der Waals surface area contributed by atoms with Crippen molar-refractivity contribution in [2.75, 3.05) is 19.7 Å². The first-order valence-electron chi connectivity index (χ1n) is 6.41.